The van der Waals surface area contributed by atoms with E-state index in [-0.39, 0.29) is 11.6 Å². The van der Waals surface area contributed by atoms with Gasteiger partial charge in [0.15, 0.2) is 5.17 Å². The van der Waals surface area contributed by atoms with Crippen molar-refractivity contribution in [1.82, 2.24) is 4.90 Å². The molecule has 0 bridgehead atoms. The fraction of sp³-hybridized carbons (Fsp3) is 0.130. The van der Waals surface area contributed by atoms with E-state index >= 15 is 0 Å². The number of non-ortho nitro benzene ring substituents is 1. The van der Waals surface area contributed by atoms with Gasteiger partial charge in [0, 0.05) is 30.8 Å². The highest BCUT2D eigenvalue weighted by Gasteiger charge is 2.30. The molecule has 156 valence electrons. The SMILES string of the molecule is Cc1ccc(N=C2S/C(=C/c3ccc(-c4ccc([N+](=O)[O-])cc4C)o3)C(=O)N2C)cc1. The molecule has 1 amide bonds. The summed E-state index contributed by atoms with van der Waals surface area (Å²) in [6.07, 6.45) is 1.69. The third-order valence-electron chi connectivity index (χ3n) is 4.85. The van der Waals surface area contributed by atoms with Crippen molar-refractivity contribution in [3.63, 3.8) is 0 Å². The van der Waals surface area contributed by atoms with Crippen LogP contribution in [0.25, 0.3) is 17.4 Å². The number of likely N-dealkylation sites (N-methyl/N-ethyl adjacent to an activating group) is 1. The summed E-state index contributed by atoms with van der Waals surface area (Å²) >= 11 is 1.29. The van der Waals surface area contributed by atoms with Crippen LogP contribution in [0.4, 0.5) is 11.4 Å². The van der Waals surface area contributed by atoms with Crippen LogP contribution in [0.1, 0.15) is 16.9 Å². The molecule has 8 heteroatoms. The number of carbonyl (C=O) groups is 1. The Morgan fingerprint density at radius 3 is 2.52 bits per heavy atom. The van der Waals surface area contributed by atoms with Gasteiger partial charge in [-0.15, -0.1) is 0 Å². The molecule has 31 heavy (non-hydrogen) atoms. The molecule has 1 aliphatic rings. The molecule has 0 aliphatic carbocycles. The second-order valence-corrected chi connectivity index (χ2v) is 8.17. The number of nitrogens with zero attached hydrogens (tertiary/aromatic N) is 3. The minimum atomic E-state index is -0.427. The van der Waals surface area contributed by atoms with E-state index in [0.29, 0.717) is 21.6 Å². The third-order valence-corrected chi connectivity index (χ3v) is 5.91. The van der Waals surface area contributed by atoms with E-state index in [2.05, 4.69) is 4.99 Å². The van der Waals surface area contributed by atoms with Crippen molar-refractivity contribution in [3.8, 4) is 11.3 Å². The predicted molar refractivity (Wildman–Crippen MR) is 122 cm³/mol. The molecule has 0 N–H and O–H groups in total. The maximum absolute atomic E-state index is 12.6. The fourth-order valence-electron chi connectivity index (χ4n) is 3.12. The van der Waals surface area contributed by atoms with Gasteiger partial charge in [0.05, 0.1) is 15.5 Å². The Balaban J connectivity index is 1.58. The minimum absolute atomic E-state index is 0.0338. The lowest BCUT2D eigenvalue weighted by atomic mass is 10.1. The first-order chi connectivity index (χ1) is 14.8. The van der Waals surface area contributed by atoms with E-state index in [1.54, 1.807) is 38.2 Å². The molecule has 4 rings (SSSR count). The van der Waals surface area contributed by atoms with Crippen LogP contribution >= 0.6 is 11.8 Å². The Labute approximate surface area is 183 Å². The summed E-state index contributed by atoms with van der Waals surface area (Å²) in [4.78, 5) is 29.8. The number of carbonyl (C=O) groups excluding carboxylic acids is 1. The number of nitro groups is 1. The summed E-state index contributed by atoms with van der Waals surface area (Å²) in [5, 5.41) is 11.5. The summed E-state index contributed by atoms with van der Waals surface area (Å²) in [6.45, 7) is 3.80. The Kier molecular flexibility index (Phi) is 5.48. The molecule has 1 aliphatic heterocycles. The van der Waals surface area contributed by atoms with Crippen molar-refractivity contribution in [1.29, 1.82) is 0 Å². The summed E-state index contributed by atoms with van der Waals surface area (Å²) in [7, 11) is 1.69. The van der Waals surface area contributed by atoms with Gasteiger partial charge >= 0.3 is 0 Å². The van der Waals surface area contributed by atoms with Gasteiger partial charge in [-0.25, -0.2) is 4.99 Å². The minimum Gasteiger partial charge on any atom is -0.457 e. The van der Waals surface area contributed by atoms with Gasteiger partial charge in [-0.05, 0) is 61.5 Å². The highest BCUT2D eigenvalue weighted by atomic mass is 32.2. The van der Waals surface area contributed by atoms with Crippen molar-refractivity contribution in [2.24, 2.45) is 4.99 Å². The van der Waals surface area contributed by atoms with Gasteiger partial charge in [0.25, 0.3) is 11.6 Å². The van der Waals surface area contributed by atoms with E-state index in [4.69, 9.17) is 4.42 Å². The molecule has 0 saturated carbocycles. The maximum Gasteiger partial charge on any atom is 0.269 e. The Morgan fingerprint density at radius 2 is 1.84 bits per heavy atom. The molecule has 2 aromatic carbocycles. The first kappa shape index (κ1) is 20.6. The van der Waals surface area contributed by atoms with Crippen LogP contribution < -0.4 is 0 Å². The molecular weight excluding hydrogens is 414 g/mol. The number of amides is 1. The van der Waals surface area contributed by atoms with Gasteiger partial charge < -0.3 is 4.42 Å². The number of thioether (sulfide) groups is 1. The lowest BCUT2D eigenvalue weighted by molar-refractivity contribution is -0.384. The Morgan fingerprint density at radius 1 is 1.10 bits per heavy atom. The number of furan rings is 1. The average molecular weight is 433 g/mol. The standard InChI is InChI=1S/C23H19N3O4S/c1-14-4-6-16(7-5-14)24-23-25(3)22(27)21(31-23)13-18-9-11-20(30-18)19-10-8-17(26(28)29)12-15(19)2/h4-13H,1-3H3/b21-13+,24-23?. The third kappa shape index (κ3) is 4.29. The average Bonchev–Trinajstić information content (AvgIpc) is 3.30. The molecule has 3 aromatic rings. The maximum atomic E-state index is 12.6. The highest BCUT2D eigenvalue weighted by molar-refractivity contribution is 8.18. The lowest BCUT2D eigenvalue weighted by Crippen LogP contribution is -2.23. The van der Waals surface area contributed by atoms with Crippen molar-refractivity contribution >= 4 is 40.3 Å². The molecule has 0 spiro atoms. The molecule has 1 saturated heterocycles. The van der Waals surface area contributed by atoms with Crippen molar-refractivity contribution in [3.05, 3.63) is 86.5 Å². The van der Waals surface area contributed by atoms with Gasteiger partial charge in [0.2, 0.25) is 0 Å². The first-order valence-corrected chi connectivity index (χ1v) is 10.3. The second kappa shape index (κ2) is 8.23. The molecule has 7 nitrogen and oxygen atoms in total. The number of aryl methyl sites for hydroxylation is 2. The summed E-state index contributed by atoms with van der Waals surface area (Å²) < 4.78 is 5.89. The Bertz CT molecular complexity index is 1240. The van der Waals surface area contributed by atoms with Crippen LogP contribution in [0, 0.1) is 24.0 Å². The molecule has 1 aromatic heterocycles. The Hall–Kier alpha value is -3.65. The van der Waals surface area contributed by atoms with E-state index < -0.39 is 4.92 Å². The number of nitro benzene ring substituents is 1. The number of benzene rings is 2. The predicted octanol–water partition coefficient (Wildman–Crippen LogP) is 5.71. The van der Waals surface area contributed by atoms with Crippen LogP contribution in [-0.2, 0) is 4.79 Å². The molecule has 0 radical (unpaired) electrons. The van der Waals surface area contributed by atoms with Crippen LogP contribution in [0.2, 0.25) is 0 Å². The first-order valence-electron chi connectivity index (χ1n) is 9.50. The van der Waals surface area contributed by atoms with Crippen LogP contribution in [-0.4, -0.2) is 27.9 Å². The van der Waals surface area contributed by atoms with E-state index in [1.807, 2.05) is 31.2 Å². The number of amidine groups is 1. The highest BCUT2D eigenvalue weighted by Crippen LogP contribution is 2.35. The zero-order valence-corrected chi connectivity index (χ0v) is 18.0. The van der Waals surface area contributed by atoms with Crippen molar-refractivity contribution in [2.75, 3.05) is 7.05 Å². The van der Waals surface area contributed by atoms with Gasteiger partial charge in [-0.1, -0.05) is 17.7 Å². The summed E-state index contributed by atoms with van der Waals surface area (Å²) in [5.74, 6) is 0.950. The van der Waals surface area contributed by atoms with Crippen LogP contribution in [0.5, 0.6) is 0 Å². The number of hydrogen-bond acceptors (Lipinski definition) is 6. The zero-order valence-electron chi connectivity index (χ0n) is 17.2. The van der Waals surface area contributed by atoms with Crippen molar-refractivity contribution < 1.29 is 14.1 Å². The molecular formula is C23H19N3O4S. The molecule has 1 fully saturated rings. The number of aliphatic imine (C=N–C) groups is 1. The van der Waals surface area contributed by atoms with Crippen LogP contribution in [0.15, 0.2) is 68.9 Å². The smallest absolute Gasteiger partial charge is 0.269 e. The van der Waals surface area contributed by atoms with E-state index in [1.165, 1.54) is 28.8 Å². The molecule has 0 unspecified atom stereocenters. The van der Waals surface area contributed by atoms with Gasteiger partial charge in [-0.2, -0.15) is 0 Å². The van der Waals surface area contributed by atoms with E-state index in [9.17, 15) is 14.9 Å². The quantitative estimate of drug-likeness (QED) is 0.299. The zero-order chi connectivity index (χ0) is 22.1. The van der Waals surface area contributed by atoms with Crippen molar-refractivity contribution in [2.45, 2.75) is 13.8 Å². The van der Waals surface area contributed by atoms with Gasteiger partial charge in [-0.3, -0.25) is 19.8 Å². The lowest BCUT2D eigenvalue weighted by Gasteiger charge is -2.07. The summed E-state index contributed by atoms with van der Waals surface area (Å²) in [6, 6.07) is 15.9. The normalized spacial score (nSPS) is 16.5. The number of rotatable bonds is 4. The van der Waals surface area contributed by atoms with Crippen LogP contribution in [0.3, 0.4) is 0 Å². The largest absolute Gasteiger partial charge is 0.457 e. The number of hydrogen-bond donors (Lipinski definition) is 0. The molecule has 0 atom stereocenters. The second-order valence-electron chi connectivity index (χ2n) is 7.16. The topological polar surface area (TPSA) is 89.0 Å². The van der Waals surface area contributed by atoms with E-state index in [0.717, 1.165) is 22.4 Å². The van der Waals surface area contributed by atoms with Gasteiger partial charge in [0.1, 0.15) is 11.5 Å². The fourth-order valence-corrected chi connectivity index (χ4v) is 4.09. The summed E-state index contributed by atoms with van der Waals surface area (Å²) in [5.41, 5.74) is 3.46. The monoisotopic (exact) mass is 433 g/mol. The molecule has 2 heterocycles.